The molecule has 0 saturated carbocycles. The minimum Gasteiger partial charge on any atom is -0.545 e. The number of thiophene rings is 1. The Morgan fingerprint density at radius 1 is 0.969 bits per heavy atom. The van der Waals surface area contributed by atoms with Crippen molar-refractivity contribution in [1.29, 1.82) is 0 Å². The van der Waals surface area contributed by atoms with Crippen LogP contribution in [0.25, 0.3) is 27.6 Å². The third-order valence-electron chi connectivity index (χ3n) is 4.69. The Morgan fingerprint density at radius 2 is 1.78 bits per heavy atom. The summed E-state index contributed by atoms with van der Waals surface area (Å²) in [5.74, 6) is -0.470. The van der Waals surface area contributed by atoms with E-state index in [0.29, 0.717) is 11.6 Å². The first kappa shape index (κ1) is 24.3. The number of aliphatic carboxylic acids is 1. The number of carbonyl (C=O) groups is 1. The molecule has 1 aromatic heterocycles. The summed E-state index contributed by atoms with van der Waals surface area (Å²) in [4.78, 5) is 11.8. The molecule has 0 aliphatic rings. The van der Waals surface area contributed by atoms with E-state index in [2.05, 4.69) is 0 Å². The second kappa shape index (κ2) is 11.5. The Labute approximate surface area is 218 Å². The van der Waals surface area contributed by atoms with E-state index >= 15 is 0 Å². The quantitative estimate of drug-likeness (QED) is 0.309. The van der Waals surface area contributed by atoms with Gasteiger partial charge in [-0.3, -0.25) is 0 Å². The summed E-state index contributed by atoms with van der Waals surface area (Å²) in [5, 5.41) is 13.4. The van der Waals surface area contributed by atoms with Gasteiger partial charge < -0.3 is 14.6 Å². The maximum Gasteiger partial charge on any atom is 1.00 e. The Hall–Kier alpha value is -2.34. The van der Waals surface area contributed by atoms with Crippen LogP contribution < -0.4 is 39.4 Å². The van der Waals surface area contributed by atoms with Crippen molar-refractivity contribution in [1.82, 2.24) is 0 Å². The van der Waals surface area contributed by atoms with Gasteiger partial charge in [0.05, 0.1) is 5.97 Å². The van der Waals surface area contributed by atoms with E-state index in [9.17, 15) is 9.90 Å². The van der Waals surface area contributed by atoms with Crippen LogP contribution in [0.2, 0.25) is 5.02 Å². The van der Waals surface area contributed by atoms with Crippen molar-refractivity contribution >= 4 is 35.0 Å². The van der Waals surface area contributed by atoms with Crippen LogP contribution in [0.3, 0.4) is 0 Å². The maximum atomic E-state index is 10.7. The van der Waals surface area contributed by atoms with Crippen LogP contribution in [0, 0.1) is 0 Å². The van der Waals surface area contributed by atoms with E-state index in [0.717, 1.165) is 44.5 Å². The van der Waals surface area contributed by atoms with Crippen molar-refractivity contribution in [2.24, 2.45) is 0 Å². The predicted molar refractivity (Wildman–Crippen MR) is 125 cm³/mol. The van der Waals surface area contributed by atoms with Crippen LogP contribution in [0.5, 0.6) is 5.75 Å². The minimum atomic E-state index is -1.22. The molecule has 0 atom stereocenters. The molecule has 0 aliphatic carbocycles. The zero-order chi connectivity index (χ0) is 21.6. The molecule has 0 unspecified atom stereocenters. The SMILES string of the molecule is O=C([O-])/C=C\c1cccc(-c2sccc2-c2cc(Cl)ccc2OCc2ccccc2)c1.[Na+]. The second-order valence-electron chi connectivity index (χ2n) is 6.86. The van der Waals surface area contributed by atoms with E-state index in [1.807, 2.05) is 84.2 Å². The van der Waals surface area contributed by atoms with Gasteiger partial charge in [0, 0.05) is 21.0 Å². The Balaban J connectivity index is 0.00000289. The van der Waals surface area contributed by atoms with Crippen LogP contribution in [-0.2, 0) is 11.4 Å². The number of hydrogen-bond donors (Lipinski definition) is 0. The molecule has 0 aliphatic heterocycles. The fraction of sp³-hybridized carbons (Fsp3) is 0.0385. The summed E-state index contributed by atoms with van der Waals surface area (Å²) in [7, 11) is 0. The largest absolute Gasteiger partial charge is 1.00 e. The van der Waals surface area contributed by atoms with Gasteiger partial charge in [0.25, 0.3) is 0 Å². The molecule has 0 spiro atoms. The number of carboxylic acids is 1. The molecule has 4 rings (SSSR count). The van der Waals surface area contributed by atoms with E-state index in [1.165, 1.54) is 6.08 Å². The normalized spacial score (nSPS) is 10.7. The van der Waals surface area contributed by atoms with Crippen LogP contribution in [0.15, 0.2) is 90.3 Å². The maximum absolute atomic E-state index is 10.7. The number of hydrogen-bond acceptors (Lipinski definition) is 4. The van der Waals surface area contributed by atoms with Crippen LogP contribution in [-0.4, -0.2) is 5.97 Å². The van der Waals surface area contributed by atoms with E-state index < -0.39 is 5.97 Å². The summed E-state index contributed by atoms with van der Waals surface area (Å²) < 4.78 is 6.14. The third kappa shape index (κ3) is 6.12. The number of rotatable bonds is 7. The molecule has 0 bridgehead atoms. The Kier molecular flexibility index (Phi) is 8.74. The average molecular weight is 469 g/mol. The molecule has 1 heterocycles. The second-order valence-corrected chi connectivity index (χ2v) is 8.21. The van der Waals surface area contributed by atoms with E-state index in [1.54, 1.807) is 11.3 Å². The number of carboxylic acid groups (broad SMARTS) is 1. The monoisotopic (exact) mass is 468 g/mol. The summed E-state index contributed by atoms with van der Waals surface area (Å²) >= 11 is 7.93. The summed E-state index contributed by atoms with van der Waals surface area (Å²) in [6.45, 7) is 0.457. The zero-order valence-corrected chi connectivity index (χ0v) is 21.0. The topological polar surface area (TPSA) is 49.4 Å². The smallest absolute Gasteiger partial charge is 0.545 e. The molecule has 0 fully saturated rings. The molecule has 0 amide bonds. The molecule has 3 nitrogen and oxygen atoms in total. The molecule has 32 heavy (non-hydrogen) atoms. The van der Waals surface area contributed by atoms with Crippen molar-refractivity contribution < 1.29 is 44.2 Å². The van der Waals surface area contributed by atoms with Crippen molar-refractivity contribution in [3.8, 4) is 27.3 Å². The molecule has 3 aromatic carbocycles. The summed E-state index contributed by atoms with van der Waals surface area (Å²) in [6, 6.07) is 25.4. The van der Waals surface area contributed by atoms with Crippen molar-refractivity contribution in [3.63, 3.8) is 0 Å². The molecule has 0 saturated heterocycles. The van der Waals surface area contributed by atoms with Gasteiger partial charge in [-0.2, -0.15) is 0 Å². The molecule has 4 aromatic rings. The molecular formula is C26H18ClNaO3S. The van der Waals surface area contributed by atoms with Crippen LogP contribution >= 0.6 is 22.9 Å². The average Bonchev–Trinajstić information content (AvgIpc) is 3.27. The van der Waals surface area contributed by atoms with Crippen molar-refractivity contribution in [2.75, 3.05) is 0 Å². The first-order chi connectivity index (χ1) is 15.1. The molecule has 154 valence electrons. The number of benzene rings is 3. The van der Waals surface area contributed by atoms with Gasteiger partial charge in [-0.25, -0.2) is 0 Å². The van der Waals surface area contributed by atoms with Gasteiger partial charge in [-0.1, -0.05) is 66.2 Å². The van der Waals surface area contributed by atoms with Crippen LogP contribution in [0.1, 0.15) is 11.1 Å². The van der Waals surface area contributed by atoms with E-state index in [-0.39, 0.29) is 29.6 Å². The Bertz CT molecular complexity index is 1230. The van der Waals surface area contributed by atoms with Gasteiger partial charge >= 0.3 is 29.6 Å². The number of ether oxygens (including phenoxy) is 1. The van der Waals surface area contributed by atoms with Crippen molar-refractivity contribution in [2.45, 2.75) is 6.61 Å². The first-order valence-corrected chi connectivity index (χ1v) is 10.9. The fourth-order valence-electron chi connectivity index (χ4n) is 3.27. The van der Waals surface area contributed by atoms with Crippen molar-refractivity contribution in [3.05, 3.63) is 106 Å². The van der Waals surface area contributed by atoms with Gasteiger partial charge in [0.2, 0.25) is 0 Å². The Morgan fingerprint density at radius 3 is 2.56 bits per heavy atom. The predicted octanol–water partition coefficient (Wildman–Crippen LogP) is 3.08. The third-order valence-corrected chi connectivity index (χ3v) is 5.89. The number of carbonyl (C=O) groups excluding carboxylic acids is 1. The van der Waals surface area contributed by atoms with Crippen LogP contribution in [0.4, 0.5) is 0 Å². The molecule has 6 heteroatoms. The zero-order valence-electron chi connectivity index (χ0n) is 17.5. The van der Waals surface area contributed by atoms with Gasteiger partial charge in [0.15, 0.2) is 0 Å². The molecule has 0 N–H and O–H groups in total. The minimum absolute atomic E-state index is 0. The molecular weight excluding hydrogens is 451 g/mol. The fourth-order valence-corrected chi connectivity index (χ4v) is 4.35. The number of halogens is 1. The van der Waals surface area contributed by atoms with Gasteiger partial charge in [-0.15, -0.1) is 11.3 Å². The summed E-state index contributed by atoms with van der Waals surface area (Å²) in [5.41, 5.74) is 4.78. The standard InChI is InChI=1S/C26H19ClO3S.Na/c27-21-10-11-24(30-17-19-5-2-1-3-6-19)23(16-21)22-13-14-31-26(22)20-8-4-7-18(15-20)9-12-25(28)29;/h1-16H,17H2,(H,28,29);/q;+1/p-1/b12-9-;. The van der Waals surface area contributed by atoms with Gasteiger partial charge in [0.1, 0.15) is 12.4 Å². The molecule has 0 radical (unpaired) electrons. The van der Waals surface area contributed by atoms with E-state index in [4.69, 9.17) is 16.3 Å². The first-order valence-electron chi connectivity index (χ1n) is 9.64. The summed E-state index contributed by atoms with van der Waals surface area (Å²) in [6.07, 6.45) is 2.56. The van der Waals surface area contributed by atoms with Gasteiger partial charge in [-0.05, 0) is 58.5 Å².